The average Bonchev–Trinajstić information content (AvgIpc) is 2.42. The van der Waals surface area contributed by atoms with Gasteiger partial charge >= 0.3 is 0 Å². The molecule has 0 heterocycles. The largest absolute Gasteiger partial charge is 0.484 e. The Kier molecular flexibility index (Phi) is 7.56. The van der Waals surface area contributed by atoms with Gasteiger partial charge in [-0.05, 0) is 12.1 Å². The molecule has 0 radical (unpaired) electrons. The van der Waals surface area contributed by atoms with Gasteiger partial charge in [-0.3, -0.25) is 4.79 Å². The lowest BCUT2D eigenvalue weighted by Crippen LogP contribution is -2.21. The molecular weight excluding hydrogens is 280 g/mol. The highest BCUT2D eigenvalue weighted by atomic mass is 32.1. The third-order valence-electron chi connectivity index (χ3n) is 2.20. The molecule has 3 N–H and O–H groups in total. The number of nitrogens with one attached hydrogen (secondary N) is 1. The molecular formula is C13H18N2O4S. The Balaban J connectivity index is 2.49. The minimum absolute atomic E-state index is 0.0486. The van der Waals surface area contributed by atoms with E-state index >= 15 is 0 Å². The normalized spacial score (nSPS) is 10.1. The first-order chi connectivity index (χ1) is 9.63. The van der Waals surface area contributed by atoms with Gasteiger partial charge in [0.05, 0.1) is 18.9 Å². The van der Waals surface area contributed by atoms with Gasteiger partial charge in [-0.25, -0.2) is 0 Å². The maximum Gasteiger partial charge on any atom is 0.250 e. The van der Waals surface area contributed by atoms with Crippen molar-refractivity contribution in [2.45, 2.75) is 0 Å². The number of anilines is 1. The van der Waals surface area contributed by atoms with E-state index in [2.05, 4.69) is 5.32 Å². The van der Waals surface area contributed by atoms with Gasteiger partial charge in [-0.2, -0.15) is 0 Å². The fourth-order valence-corrected chi connectivity index (χ4v) is 1.40. The van der Waals surface area contributed by atoms with Crippen LogP contribution >= 0.6 is 12.2 Å². The molecule has 0 spiro atoms. The molecule has 0 bridgehead atoms. The first kappa shape index (κ1) is 16.4. The van der Waals surface area contributed by atoms with E-state index in [9.17, 15) is 4.79 Å². The summed E-state index contributed by atoms with van der Waals surface area (Å²) in [7, 11) is 1.57. The summed E-state index contributed by atoms with van der Waals surface area (Å²) >= 11 is 4.74. The molecule has 6 nitrogen and oxygen atoms in total. The minimum Gasteiger partial charge on any atom is -0.484 e. The Labute approximate surface area is 123 Å². The Bertz CT molecular complexity index is 454. The smallest absolute Gasteiger partial charge is 0.250 e. The SMILES string of the molecule is COCCOCC(=O)Nc1ccccc1OCC(N)=S. The molecule has 0 atom stereocenters. The lowest BCUT2D eigenvalue weighted by Gasteiger charge is -2.12. The third kappa shape index (κ3) is 6.46. The Morgan fingerprint density at radius 2 is 2.05 bits per heavy atom. The van der Waals surface area contributed by atoms with Gasteiger partial charge < -0.3 is 25.3 Å². The van der Waals surface area contributed by atoms with Crippen LogP contribution in [-0.4, -0.2) is 44.4 Å². The number of carbonyl (C=O) groups excluding carboxylic acids is 1. The van der Waals surface area contributed by atoms with Crippen molar-refractivity contribution in [2.24, 2.45) is 5.73 Å². The van der Waals surface area contributed by atoms with E-state index in [1.165, 1.54) is 0 Å². The van der Waals surface area contributed by atoms with E-state index in [1.807, 2.05) is 0 Å². The molecule has 1 rings (SSSR count). The molecule has 0 unspecified atom stereocenters. The summed E-state index contributed by atoms with van der Waals surface area (Å²) in [5.74, 6) is 0.234. The quantitative estimate of drug-likeness (QED) is 0.522. The fourth-order valence-electron chi connectivity index (χ4n) is 1.34. The number of nitrogens with two attached hydrogens (primary N) is 1. The van der Waals surface area contributed by atoms with Crippen molar-refractivity contribution >= 4 is 28.8 Å². The maximum atomic E-state index is 11.7. The standard InChI is InChI=1S/C13H18N2O4S/c1-17-6-7-18-9-13(16)15-10-4-2-3-5-11(10)19-8-12(14)20/h2-5H,6-9H2,1H3,(H2,14,20)(H,15,16). The van der Waals surface area contributed by atoms with Crippen molar-refractivity contribution in [1.29, 1.82) is 0 Å². The Morgan fingerprint density at radius 3 is 2.75 bits per heavy atom. The molecule has 0 saturated heterocycles. The highest BCUT2D eigenvalue weighted by Crippen LogP contribution is 2.23. The van der Waals surface area contributed by atoms with Crippen LogP contribution in [0, 0.1) is 0 Å². The molecule has 0 saturated carbocycles. The minimum atomic E-state index is -0.271. The lowest BCUT2D eigenvalue weighted by atomic mass is 10.3. The van der Waals surface area contributed by atoms with Crippen LogP contribution in [0.15, 0.2) is 24.3 Å². The Morgan fingerprint density at radius 1 is 1.30 bits per heavy atom. The van der Waals surface area contributed by atoms with E-state index in [0.717, 1.165) is 0 Å². The van der Waals surface area contributed by atoms with Gasteiger partial charge in [-0.15, -0.1) is 0 Å². The highest BCUT2D eigenvalue weighted by Gasteiger charge is 2.08. The number of para-hydroxylation sites is 2. The lowest BCUT2D eigenvalue weighted by molar-refractivity contribution is -0.121. The number of ether oxygens (including phenoxy) is 3. The van der Waals surface area contributed by atoms with Crippen LogP contribution in [0.2, 0.25) is 0 Å². The van der Waals surface area contributed by atoms with Gasteiger partial charge in [0.2, 0.25) is 5.91 Å². The average molecular weight is 298 g/mol. The molecule has 0 fully saturated rings. The van der Waals surface area contributed by atoms with Gasteiger partial charge in [0.25, 0.3) is 0 Å². The van der Waals surface area contributed by atoms with Crippen molar-refractivity contribution in [1.82, 2.24) is 0 Å². The molecule has 0 aliphatic heterocycles. The van der Waals surface area contributed by atoms with Gasteiger partial charge in [0.1, 0.15) is 24.0 Å². The number of hydrogen-bond acceptors (Lipinski definition) is 5. The van der Waals surface area contributed by atoms with Crippen LogP contribution in [0.25, 0.3) is 0 Å². The molecule has 110 valence electrons. The van der Waals surface area contributed by atoms with Crippen molar-refractivity contribution < 1.29 is 19.0 Å². The summed E-state index contributed by atoms with van der Waals surface area (Å²) in [6.07, 6.45) is 0. The van der Waals surface area contributed by atoms with E-state index in [4.69, 9.17) is 32.2 Å². The number of amides is 1. The van der Waals surface area contributed by atoms with Crippen molar-refractivity contribution in [3.8, 4) is 5.75 Å². The van der Waals surface area contributed by atoms with Crippen LogP contribution in [-0.2, 0) is 14.3 Å². The predicted molar refractivity (Wildman–Crippen MR) is 80.0 cm³/mol. The van der Waals surface area contributed by atoms with E-state index in [-0.39, 0.29) is 24.1 Å². The molecule has 20 heavy (non-hydrogen) atoms. The molecule has 1 aromatic carbocycles. The van der Waals surface area contributed by atoms with Crippen molar-refractivity contribution in [2.75, 3.05) is 38.9 Å². The second-order valence-corrected chi connectivity index (χ2v) is 4.37. The topological polar surface area (TPSA) is 82.8 Å². The first-order valence-electron chi connectivity index (χ1n) is 6.00. The van der Waals surface area contributed by atoms with Gasteiger partial charge in [0, 0.05) is 7.11 Å². The van der Waals surface area contributed by atoms with Gasteiger partial charge in [-0.1, -0.05) is 24.4 Å². The summed E-state index contributed by atoms with van der Waals surface area (Å²) < 4.78 is 15.3. The number of benzene rings is 1. The van der Waals surface area contributed by atoms with E-state index in [1.54, 1.807) is 31.4 Å². The zero-order valence-electron chi connectivity index (χ0n) is 11.3. The second kappa shape index (κ2) is 9.24. The molecule has 1 aromatic rings. The number of methoxy groups -OCH3 is 1. The van der Waals surface area contributed by atoms with Crippen LogP contribution in [0.3, 0.4) is 0 Å². The van der Waals surface area contributed by atoms with Crippen molar-refractivity contribution in [3.05, 3.63) is 24.3 Å². The zero-order valence-corrected chi connectivity index (χ0v) is 12.1. The van der Waals surface area contributed by atoms with E-state index < -0.39 is 0 Å². The first-order valence-corrected chi connectivity index (χ1v) is 6.41. The molecule has 1 amide bonds. The summed E-state index contributed by atoms with van der Waals surface area (Å²) in [4.78, 5) is 11.9. The van der Waals surface area contributed by atoms with Crippen LogP contribution in [0.4, 0.5) is 5.69 Å². The molecule has 0 aromatic heterocycles. The van der Waals surface area contributed by atoms with Gasteiger partial charge in [0.15, 0.2) is 0 Å². The number of rotatable bonds is 9. The van der Waals surface area contributed by atoms with Crippen LogP contribution in [0.5, 0.6) is 5.75 Å². The summed E-state index contributed by atoms with van der Waals surface area (Å²) in [6.45, 7) is 0.879. The molecule has 7 heteroatoms. The second-order valence-electron chi connectivity index (χ2n) is 3.84. The summed E-state index contributed by atoms with van der Waals surface area (Å²) in [6, 6.07) is 7.02. The predicted octanol–water partition coefficient (Wildman–Crippen LogP) is 0.953. The molecule has 0 aliphatic rings. The van der Waals surface area contributed by atoms with E-state index in [0.29, 0.717) is 24.7 Å². The summed E-state index contributed by atoms with van der Waals surface area (Å²) in [5.41, 5.74) is 5.92. The molecule has 0 aliphatic carbocycles. The fraction of sp³-hybridized carbons (Fsp3) is 0.385. The monoisotopic (exact) mass is 298 g/mol. The van der Waals surface area contributed by atoms with Crippen LogP contribution < -0.4 is 15.8 Å². The van der Waals surface area contributed by atoms with Crippen LogP contribution in [0.1, 0.15) is 0 Å². The zero-order chi connectivity index (χ0) is 14.8. The third-order valence-corrected chi connectivity index (χ3v) is 2.31. The number of hydrogen-bond donors (Lipinski definition) is 2. The Hall–Kier alpha value is -1.70. The maximum absolute atomic E-state index is 11.7. The highest BCUT2D eigenvalue weighted by molar-refractivity contribution is 7.80. The number of thiocarbonyl (C=S) groups is 1. The van der Waals surface area contributed by atoms with Crippen molar-refractivity contribution in [3.63, 3.8) is 0 Å². The number of carbonyl (C=O) groups is 1. The summed E-state index contributed by atoms with van der Waals surface area (Å²) in [5, 5.41) is 2.70.